The molecule has 4 heterocycles. The molecule has 134 valence electrons. The number of hydrogen-bond acceptors (Lipinski definition) is 4. The van der Waals surface area contributed by atoms with Gasteiger partial charge in [0, 0.05) is 38.6 Å². The average Bonchev–Trinajstić information content (AvgIpc) is 2.94. The molecule has 0 spiro atoms. The van der Waals surface area contributed by atoms with Gasteiger partial charge in [-0.1, -0.05) is 30.3 Å². The van der Waals surface area contributed by atoms with Gasteiger partial charge in [-0.05, 0) is 30.7 Å². The smallest absolute Gasteiger partial charge is 0.241 e. The Kier molecular flexibility index (Phi) is 4.48. The summed E-state index contributed by atoms with van der Waals surface area (Å²) in [4.78, 5) is 28.9. The molecule has 2 amide bonds. The first-order valence-electron chi connectivity index (χ1n) is 9.24. The summed E-state index contributed by atoms with van der Waals surface area (Å²) in [6.45, 7) is 3.88. The first-order valence-corrected chi connectivity index (χ1v) is 9.24. The zero-order valence-corrected chi connectivity index (χ0v) is 14.6. The summed E-state index contributed by atoms with van der Waals surface area (Å²) in [6.07, 6.45) is 2.87. The monoisotopic (exact) mass is 342 g/mol. The summed E-state index contributed by atoms with van der Waals surface area (Å²) >= 11 is 0. The molecule has 2 bridgehead atoms. The van der Waals surface area contributed by atoms with E-state index in [2.05, 4.69) is 23.0 Å². The van der Waals surface area contributed by atoms with Crippen LogP contribution in [0, 0.1) is 5.92 Å². The third kappa shape index (κ3) is 3.28. The maximum Gasteiger partial charge on any atom is 0.241 e. The lowest BCUT2D eigenvalue weighted by atomic mass is 9.93. The van der Waals surface area contributed by atoms with Crippen LogP contribution in [0.3, 0.4) is 0 Å². The zero-order chi connectivity index (χ0) is 17.4. The molecule has 4 aliphatic rings. The van der Waals surface area contributed by atoms with Gasteiger partial charge in [0.05, 0.1) is 0 Å². The third-order valence-corrected chi connectivity index (χ3v) is 5.85. The number of benzene rings is 1. The molecule has 4 fully saturated rings. The molecule has 6 heteroatoms. The van der Waals surface area contributed by atoms with Crippen molar-refractivity contribution in [2.75, 3.05) is 19.6 Å². The highest BCUT2D eigenvalue weighted by atomic mass is 16.2. The number of carbonyl (C=O) groups excluding carboxylic acids is 2. The molecule has 0 saturated carbocycles. The summed E-state index contributed by atoms with van der Waals surface area (Å²) in [7, 11) is 0. The Morgan fingerprint density at radius 3 is 2.60 bits per heavy atom. The minimum atomic E-state index is -0.199. The van der Waals surface area contributed by atoms with E-state index in [1.54, 1.807) is 6.92 Å². The maximum atomic E-state index is 13.1. The molecule has 25 heavy (non-hydrogen) atoms. The van der Waals surface area contributed by atoms with Crippen LogP contribution in [-0.2, 0) is 9.59 Å². The van der Waals surface area contributed by atoms with Crippen molar-refractivity contribution in [2.24, 2.45) is 5.92 Å². The molecule has 0 radical (unpaired) electrons. The Hall–Kier alpha value is -1.92. The second-order valence-electron chi connectivity index (χ2n) is 7.55. The first-order chi connectivity index (χ1) is 12.1. The van der Waals surface area contributed by atoms with Gasteiger partial charge in [0.15, 0.2) is 0 Å². The van der Waals surface area contributed by atoms with Crippen molar-refractivity contribution in [1.82, 2.24) is 20.7 Å². The largest absolute Gasteiger partial charge is 0.341 e. The molecule has 0 aliphatic carbocycles. The number of amides is 2. The van der Waals surface area contributed by atoms with Crippen LogP contribution in [0.15, 0.2) is 30.3 Å². The fraction of sp³-hybridized carbons (Fsp3) is 0.579. The first kappa shape index (κ1) is 16.5. The van der Waals surface area contributed by atoms with Crippen molar-refractivity contribution in [2.45, 2.75) is 44.3 Å². The highest BCUT2D eigenvalue weighted by molar-refractivity contribution is 5.83. The Balaban J connectivity index is 1.44. The van der Waals surface area contributed by atoms with E-state index in [9.17, 15) is 9.59 Å². The number of rotatable bonds is 2. The molecule has 4 saturated heterocycles. The predicted octanol–water partition coefficient (Wildman–Crippen LogP) is 1.06. The van der Waals surface area contributed by atoms with Crippen LogP contribution in [0.25, 0.3) is 0 Å². The summed E-state index contributed by atoms with van der Waals surface area (Å²) < 4.78 is 0. The Morgan fingerprint density at radius 1 is 1.04 bits per heavy atom. The molecule has 6 nitrogen and oxygen atoms in total. The summed E-state index contributed by atoms with van der Waals surface area (Å²) in [6, 6.07) is 10.3. The van der Waals surface area contributed by atoms with Crippen LogP contribution in [0.5, 0.6) is 0 Å². The zero-order valence-electron chi connectivity index (χ0n) is 14.6. The molecular formula is C19H26N4O2. The molecular weight excluding hydrogens is 316 g/mol. The molecule has 0 aromatic heterocycles. The van der Waals surface area contributed by atoms with Gasteiger partial charge in [0.1, 0.15) is 6.04 Å². The molecule has 1 aromatic rings. The van der Waals surface area contributed by atoms with Crippen molar-refractivity contribution in [3.63, 3.8) is 0 Å². The second kappa shape index (κ2) is 6.77. The average molecular weight is 342 g/mol. The summed E-state index contributed by atoms with van der Waals surface area (Å²) in [5.41, 5.74) is 7.66. The number of hydrazine groups is 1. The second-order valence-corrected chi connectivity index (χ2v) is 7.55. The van der Waals surface area contributed by atoms with Crippen LogP contribution in [-0.4, -0.2) is 53.3 Å². The number of fused-ring (bicyclic) bond motifs is 4. The number of nitrogens with one attached hydrogen (secondary N) is 2. The lowest BCUT2D eigenvalue weighted by Crippen LogP contribution is -2.53. The van der Waals surface area contributed by atoms with Gasteiger partial charge in [-0.25, -0.2) is 10.9 Å². The van der Waals surface area contributed by atoms with Crippen LogP contribution in [0.2, 0.25) is 0 Å². The Morgan fingerprint density at radius 2 is 1.84 bits per heavy atom. The van der Waals surface area contributed by atoms with E-state index < -0.39 is 0 Å². The predicted molar refractivity (Wildman–Crippen MR) is 94.3 cm³/mol. The molecule has 4 atom stereocenters. The quantitative estimate of drug-likeness (QED) is 0.844. The lowest BCUT2D eigenvalue weighted by Gasteiger charge is -2.37. The summed E-state index contributed by atoms with van der Waals surface area (Å²) in [5, 5.41) is 0. The van der Waals surface area contributed by atoms with Gasteiger partial charge < -0.3 is 9.80 Å². The number of piperidine rings is 1. The maximum absolute atomic E-state index is 13.1. The van der Waals surface area contributed by atoms with E-state index in [0.29, 0.717) is 12.5 Å². The summed E-state index contributed by atoms with van der Waals surface area (Å²) in [5.74, 6) is 0.702. The van der Waals surface area contributed by atoms with Crippen LogP contribution >= 0.6 is 0 Å². The standard InChI is InChI=1S/C19H26N4O2/c1-13(24)22-10-14-7-8-16(12-22)23(11-14)19(25)18-9-17(20-21-18)15-5-3-2-4-6-15/h2-6,14,16-18,20-21H,7-12H2,1H3/t14-,16+,17?,18?/m1/s1. The van der Waals surface area contributed by atoms with Crippen molar-refractivity contribution < 1.29 is 9.59 Å². The molecule has 2 unspecified atom stereocenters. The van der Waals surface area contributed by atoms with Gasteiger partial charge in [-0.3, -0.25) is 9.59 Å². The molecule has 5 rings (SSSR count). The SMILES string of the molecule is CC(=O)N1C[C@H]2CC[C@@H](C1)N(C(=O)C1CC(c3ccccc3)NN1)C2. The molecule has 4 aliphatic heterocycles. The Labute approximate surface area is 148 Å². The van der Waals surface area contributed by atoms with E-state index in [4.69, 9.17) is 0 Å². The topological polar surface area (TPSA) is 64.7 Å². The fourth-order valence-electron chi connectivity index (χ4n) is 4.43. The van der Waals surface area contributed by atoms with Crippen molar-refractivity contribution in [3.8, 4) is 0 Å². The number of carbonyl (C=O) groups is 2. The molecule has 2 N–H and O–H groups in total. The minimum Gasteiger partial charge on any atom is -0.341 e. The van der Waals surface area contributed by atoms with E-state index in [1.807, 2.05) is 28.0 Å². The Bertz CT molecular complexity index is 650. The highest BCUT2D eigenvalue weighted by Gasteiger charge is 2.41. The highest BCUT2D eigenvalue weighted by Crippen LogP contribution is 2.30. The van der Waals surface area contributed by atoms with E-state index >= 15 is 0 Å². The molecule has 1 aromatic carbocycles. The third-order valence-electron chi connectivity index (χ3n) is 5.85. The van der Waals surface area contributed by atoms with Gasteiger partial charge >= 0.3 is 0 Å². The van der Waals surface area contributed by atoms with E-state index in [0.717, 1.165) is 32.4 Å². The van der Waals surface area contributed by atoms with Crippen LogP contribution in [0.1, 0.15) is 37.8 Å². The normalized spacial score (nSPS) is 31.9. The van der Waals surface area contributed by atoms with Crippen molar-refractivity contribution >= 4 is 11.8 Å². The van der Waals surface area contributed by atoms with Gasteiger partial charge in [0.2, 0.25) is 11.8 Å². The van der Waals surface area contributed by atoms with E-state index in [-0.39, 0.29) is 29.9 Å². The number of hydrogen-bond donors (Lipinski definition) is 2. The fourth-order valence-corrected chi connectivity index (χ4v) is 4.43. The van der Waals surface area contributed by atoms with Crippen LogP contribution < -0.4 is 10.9 Å². The van der Waals surface area contributed by atoms with E-state index in [1.165, 1.54) is 5.56 Å². The van der Waals surface area contributed by atoms with Gasteiger partial charge in [-0.15, -0.1) is 0 Å². The lowest BCUT2D eigenvalue weighted by molar-refractivity contribution is -0.138. The van der Waals surface area contributed by atoms with Crippen LogP contribution in [0.4, 0.5) is 0 Å². The van der Waals surface area contributed by atoms with Crippen molar-refractivity contribution in [1.29, 1.82) is 0 Å². The van der Waals surface area contributed by atoms with Crippen molar-refractivity contribution in [3.05, 3.63) is 35.9 Å². The van der Waals surface area contributed by atoms with Gasteiger partial charge in [0.25, 0.3) is 0 Å². The minimum absolute atomic E-state index is 0.121. The van der Waals surface area contributed by atoms with Gasteiger partial charge in [-0.2, -0.15) is 0 Å². The number of nitrogens with zero attached hydrogens (tertiary/aromatic N) is 2.